The van der Waals surface area contributed by atoms with E-state index in [-0.39, 0.29) is 5.91 Å². The fraction of sp³-hybridized carbons (Fsp3) is 0.588. The molecule has 0 aliphatic carbocycles. The molecule has 2 aliphatic heterocycles. The van der Waals surface area contributed by atoms with Crippen molar-refractivity contribution in [2.45, 2.75) is 25.7 Å². The van der Waals surface area contributed by atoms with Crippen LogP contribution >= 0.6 is 0 Å². The molecule has 9 nitrogen and oxygen atoms in total. The van der Waals surface area contributed by atoms with Crippen molar-refractivity contribution in [1.82, 2.24) is 35.4 Å². The molecule has 2 N–H and O–H groups in total. The Morgan fingerprint density at radius 2 is 2.08 bits per heavy atom. The van der Waals surface area contributed by atoms with Gasteiger partial charge in [0.05, 0.1) is 5.69 Å². The van der Waals surface area contributed by atoms with Crippen molar-refractivity contribution in [2.75, 3.05) is 44.2 Å². The Kier molecular flexibility index (Phi) is 4.79. The highest BCUT2D eigenvalue weighted by Gasteiger charge is 2.25. The fourth-order valence-electron chi connectivity index (χ4n) is 3.65. The highest BCUT2D eigenvalue weighted by atomic mass is 16.2. The smallest absolute Gasteiger partial charge is 0.291 e. The third-order valence-electron chi connectivity index (χ3n) is 5.07. The highest BCUT2D eigenvalue weighted by Crippen LogP contribution is 2.25. The lowest BCUT2D eigenvalue weighted by Gasteiger charge is -2.35. The molecule has 138 valence electrons. The Labute approximate surface area is 152 Å². The average Bonchev–Trinajstić information content (AvgIpc) is 3.22. The van der Waals surface area contributed by atoms with Crippen LogP contribution < -0.4 is 10.2 Å². The fourth-order valence-corrected chi connectivity index (χ4v) is 3.65. The number of nitrogens with zero attached hydrogens (tertiary/aromatic N) is 6. The monoisotopic (exact) mass is 356 g/mol. The van der Waals surface area contributed by atoms with Crippen LogP contribution in [0.4, 0.5) is 5.82 Å². The van der Waals surface area contributed by atoms with E-state index in [4.69, 9.17) is 0 Å². The van der Waals surface area contributed by atoms with E-state index in [1.165, 1.54) is 19.2 Å². The maximum atomic E-state index is 12.4. The number of carbonyl (C=O) groups excluding carboxylic acids is 1. The minimum atomic E-state index is -0.102. The van der Waals surface area contributed by atoms with Gasteiger partial charge in [0.1, 0.15) is 18.0 Å². The predicted molar refractivity (Wildman–Crippen MR) is 96.1 cm³/mol. The number of amides is 1. The summed E-state index contributed by atoms with van der Waals surface area (Å²) in [7, 11) is 0. The van der Waals surface area contributed by atoms with Crippen LogP contribution in [-0.4, -0.2) is 75.2 Å². The van der Waals surface area contributed by atoms with Gasteiger partial charge in [-0.05, 0) is 26.3 Å². The molecule has 0 bridgehead atoms. The number of piperidine rings is 1. The number of aromatic nitrogens is 5. The van der Waals surface area contributed by atoms with E-state index in [1.807, 2.05) is 6.92 Å². The first kappa shape index (κ1) is 16.9. The number of anilines is 1. The van der Waals surface area contributed by atoms with Crippen LogP contribution in [0.25, 0.3) is 0 Å². The lowest BCUT2D eigenvalue weighted by atomic mass is 9.96. The van der Waals surface area contributed by atoms with Crippen molar-refractivity contribution >= 4 is 11.7 Å². The summed E-state index contributed by atoms with van der Waals surface area (Å²) in [5.74, 6) is 2.42. The average molecular weight is 356 g/mol. The number of hydrogen-bond donors (Lipinski definition) is 2. The zero-order valence-electron chi connectivity index (χ0n) is 15.0. The summed E-state index contributed by atoms with van der Waals surface area (Å²) in [6, 6.07) is 2.12. The molecule has 2 aromatic rings. The van der Waals surface area contributed by atoms with Crippen molar-refractivity contribution in [2.24, 2.45) is 0 Å². The maximum Gasteiger partial charge on any atom is 0.291 e. The molecule has 0 radical (unpaired) electrons. The molecule has 2 aromatic heterocycles. The van der Waals surface area contributed by atoms with Crippen LogP contribution in [0.15, 0.2) is 12.4 Å². The molecule has 1 unspecified atom stereocenters. The summed E-state index contributed by atoms with van der Waals surface area (Å²) < 4.78 is 0. The molecule has 2 saturated heterocycles. The SMILES string of the molecule is Cc1nc(C2CCCNC2)cc(N2CCN(C(=O)c3ncn[nH]3)CC2)n1. The summed E-state index contributed by atoms with van der Waals surface area (Å²) in [6.07, 6.45) is 3.71. The number of rotatable bonds is 3. The van der Waals surface area contributed by atoms with Gasteiger partial charge in [-0.25, -0.2) is 15.0 Å². The van der Waals surface area contributed by atoms with Crippen molar-refractivity contribution in [3.8, 4) is 0 Å². The summed E-state index contributed by atoms with van der Waals surface area (Å²) in [4.78, 5) is 29.6. The van der Waals surface area contributed by atoms with Gasteiger partial charge >= 0.3 is 0 Å². The summed E-state index contributed by atoms with van der Waals surface area (Å²) in [5, 5.41) is 9.84. The van der Waals surface area contributed by atoms with E-state index in [2.05, 4.69) is 41.4 Å². The van der Waals surface area contributed by atoms with Gasteiger partial charge in [0, 0.05) is 44.7 Å². The number of piperazine rings is 1. The van der Waals surface area contributed by atoms with Crippen molar-refractivity contribution in [3.05, 3.63) is 29.7 Å². The first-order valence-corrected chi connectivity index (χ1v) is 9.16. The number of hydrogen-bond acceptors (Lipinski definition) is 7. The van der Waals surface area contributed by atoms with E-state index < -0.39 is 0 Å². The Hall–Kier alpha value is -2.55. The van der Waals surface area contributed by atoms with E-state index in [1.54, 1.807) is 4.90 Å². The lowest BCUT2D eigenvalue weighted by molar-refractivity contribution is 0.0734. The Balaban J connectivity index is 1.44. The van der Waals surface area contributed by atoms with Crippen LogP contribution in [0.1, 0.15) is 40.9 Å². The molecule has 2 aliphatic rings. The highest BCUT2D eigenvalue weighted by molar-refractivity contribution is 5.90. The van der Waals surface area contributed by atoms with Crippen LogP contribution in [0.5, 0.6) is 0 Å². The minimum Gasteiger partial charge on any atom is -0.353 e. The van der Waals surface area contributed by atoms with Gasteiger partial charge in [-0.3, -0.25) is 9.89 Å². The Morgan fingerprint density at radius 3 is 2.77 bits per heavy atom. The molecule has 0 aromatic carbocycles. The first-order chi connectivity index (χ1) is 12.7. The second-order valence-corrected chi connectivity index (χ2v) is 6.85. The van der Waals surface area contributed by atoms with Gasteiger partial charge in [-0.2, -0.15) is 5.10 Å². The molecule has 0 saturated carbocycles. The van der Waals surface area contributed by atoms with Crippen LogP contribution in [0.3, 0.4) is 0 Å². The van der Waals surface area contributed by atoms with E-state index in [0.29, 0.717) is 24.8 Å². The molecular weight excluding hydrogens is 332 g/mol. The van der Waals surface area contributed by atoms with Gasteiger partial charge in [-0.1, -0.05) is 0 Å². The second-order valence-electron chi connectivity index (χ2n) is 6.85. The standard InChI is InChI=1S/C17H24N8O/c1-12-21-14(13-3-2-4-18-10-13)9-15(22-12)24-5-7-25(8-6-24)17(26)16-19-11-20-23-16/h9,11,13,18H,2-8,10H2,1H3,(H,19,20,23). The largest absolute Gasteiger partial charge is 0.353 e. The second kappa shape index (κ2) is 7.36. The van der Waals surface area contributed by atoms with Crippen molar-refractivity contribution in [1.29, 1.82) is 0 Å². The molecule has 4 rings (SSSR count). The van der Waals surface area contributed by atoms with E-state index in [0.717, 1.165) is 43.5 Å². The van der Waals surface area contributed by atoms with E-state index >= 15 is 0 Å². The van der Waals surface area contributed by atoms with Gasteiger partial charge < -0.3 is 15.1 Å². The predicted octanol–water partition coefficient (Wildman–Crippen LogP) is 0.333. The zero-order valence-corrected chi connectivity index (χ0v) is 15.0. The number of nitrogens with one attached hydrogen (secondary N) is 2. The molecule has 4 heterocycles. The molecule has 1 amide bonds. The van der Waals surface area contributed by atoms with Crippen molar-refractivity contribution < 1.29 is 4.79 Å². The number of H-pyrrole nitrogens is 1. The third kappa shape index (κ3) is 3.52. The number of carbonyl (C=O) groups is 1. The maximum absolute atomic E-state index is 12.4. The van der Waals surface area contributed by atoms with Crippen LogP contribution in [-0.2, 0) is 0 Å². The summed E-state index contributed by atoms with van der Waals surface area (Å²) >= 11 is 0. The zero-order chi connectivity index (χ0) is 17.9. The van der Waals surface area contributed by atoms with Gasteiger partial charge in [0.15, 0.2) is 0 Å². The molecule has 2 fully saturated rings. The molecule has 1 atom stereocenters. The van der Waals surface area contributed by atoms with Gasteiger partial charge in [0.2, 0.25) is 5.82 Å². The number of aromatic amines is 1. The quantitative estimate of drug-likeness (QED) is 0.817. The number of aryl methyl sites for hydroxylation is 1. The lowest BCUT2D eigenvalue weighted by Crippen LogP contribution is -2.49. The molecule has 9 heteroatoms. The normalized spacial score (nSPS) is 21.0. The van der Waals surface area contributed by atoms with Crippen molar-refractivity contribution in [3.63, 3.8) is 0 Å². The molecule has 0 spiro atoms. The Morgan fingerprint density at radius 1 is 1.23 bits per heavy atom. The topological polar surface area (TPSA) is 103 Å². The Bertz CT molecular complexity index is 748. The van der Waals surface area contributed by atoms with Crippen LogP contribution in [0.2, 0.25) is 0 Å². The molecular formula is C17H24N8O. The van der Waals surface area contributed by atoms with E-state index in [9.17, 15) is 4.79 Å². The van der Waals surface area contributed by atoms with Crippen LogP contribution in [0, 0.1) is 6.92 Å². The summed E-state index contributed by atoms with van der Waals surface area (Å²) in [6.45, 7) is 6.81. The first-order valence-electron chi connectivity index (χ1n) is 9.16. The van der Waals surface area contributed by atoms with Gasteiger partial charge in [0.25, 0.3) is 5.91 Å². The molecule has 26 heavy (non-hydrogen) atoms. The minimum absolute atomic E-state index is 0.102. The van der Waals surface area contributed by atoms with Gasteiger partial charge in [-0.15, -0.1) is 0 Å². The summed E-state index contributed by atoms with van der Waals surface area (Å²) in [5.41, 5.74) is 1.12. The third-order valence-corrected chi connectivity index (χ3v) is 5.07.